The molecule has 0 aliphatic carbocycles. The molecule has 0 aliphatic rings. The van der Waals surface area contributed by atoms with E-state index in [0.717, 1.165) is 18.2 Å². The van der Waals surface area contributed by atoms with Gasteiger partial charge in [0.25, 0.3) is 0 Å². The number of alkyl halides is 3. The summed E-state index contributed by atoms with van der Waals surface area (Å²) in [5.74, 6) is -0.956. The molecule has 4 nitrogen and oxygen atoms in total. The van der Waals surface area contributed by atoms with E-state index in [-0.39, 0.29) is 0 Å². The first-order chi connectivity index (χ1) is 7.11. The molecular weight excluding hydrogens is 271 g/mol. The van der Waals surface area contributed by atoms with Crippen molar-refractivity contribution in [2.45, 2.75) is 11.3 Å². The van der Waals surface area contributed by atoms with Gasteiger partial charge in [0.15, 0.2) is 5.75 Å². The van der Waals surface area contributed by atoms with Gasteiger partial charge in [-0.05, 0) is 12.1 Å². The molecule has 0 aliphatic heterocycles. The van der Waals surface area contributed by atoms with Crippen LogP contribution in [0.25, 0.3) is 0 Å². The van der Waals surface area contributed by atoms with Gasteiger partial charge in [0.05, 0.1) is 5.02 Å². The van der Waals surface area contributed by atoms with Crippen LogP contribution < -0.4 is 9.88 Å². The molecule has 9 heteroatoms. The molecule has 0 fully saturated rings. The monoisotopic (exact) mass is 275 g/mol. The molecule has 0 bridgehead atoms. The molecule has 0 unspecified atom stereocenters. The summed E-state index contributed by atoms with van der Waals surface area (Å²) < 4.78 is 61.3. The number of hydrogen-bond donors (Lipinski definition) is 1. The second-order valence-corrected chi connectivity index (χ2v) is 4.57. The third-order valence-electron chi connectivity index (χ3n) is 1.44. The summed E-state index contributed by atoms with van der Waals surface area (Å²) in [6.07, 6.45) is -5.02. The first-order valence-electron chi connectivity index (χ1n) is 3.68. The molecule has 0 saturated carbocycles. The maximum atomic E-state index is 11.9. The summed E-state index contributed by atoms with van der Waals surface area (Å²) in [5.41, 5.74) is 0. The lowest BCUT2D eigenvalue weighted by Gasteiger charge is -2.12. The minimum Gasteiger partial charge on any atom is -0.404 e. The number of rotatable bonds is 2. The summed E-state index contributed by atoms with van der Waals surface area (Å²) in [6, 6.07) is 3.00. The molecule has 90 valence electrons. The zero-order valence-electron chi connectivity index (χ0n) is 7.45. The Hall–Kier alpha value is -0.990. The van der Waals surface area contributed by atoms with Crippen LogP contribution >= 0.6 is 11.6 Å². The fourth-order valence-electron chi connectivity index (χ4n) is 0.970. The second-order valence-electron chi connectivity index (χ2n) is 2.66. The predicted molar refractivity (Wildman–Crippen MR) is 49.5 cm³/mol. The highest BCUT2D eigenvalue weighted by atomic mass is 35.5. The topological polar surface area (TPSA) is 69.4 Å². The summed E-state index contributed by atoms with van der Waals surface area (Å²) in [4.78, 5) is -0.894. The van der Waals surface area contributed by atoms with Crippen LogP contribution in [-0.4, -0.2) is 14.8 Å². The highest BCUT2D eigenvalue weighted by Gasteiger charge is 2.34. The van der Waals surface area contributed by atoms with Crippen molar-refractivity contribution in [2.75, 3.05) is 0 Å². The van der Waals surface area contributed by atoms with E-state index in [1.54, 1.807) is 0 Å². The standard InChI is InChI=1S/C7H5ClF3NO3S/c8-4-2-1-3-5(15-7(9,10)11)6(4)16(12,13)14/h1-3H,(H2,12,13,14). The Morgan fingerprint density at radius 2 is 1.88 bits per heavy atom. The summed E-state index contributed by atoms with van der Waals surface area (Å²) in [7, 11) is -4.39. The molecule has 0 saturated heterocycles. The van der Waals surface area contributed by atoms with Crippen LogP contribution in [-0.2, 0) is 10.0 Å². The minimum absolute atomic E-state index is 0.441. The van der Waals surface area contributed by atoms with Gasteiger partial charge in [0, 0.05) is 0 Å². The summed E-state index contributed by atoms with van der Waals surface area (Å²) in [6.45, 7) is 0. The zero-order valence-corrected chi connectivity index (χ0v) is 9.03. The first kappa shape index (κ1) is 13.1. The molecule has 16 heavy (non-hydrogen) atoms. The van der Waals surface area contributed by atoms with E-state index in [1.807, 2.05) is 0 Å². The predicted octanol–water partition coefficient (Wildman–Crippen LogP) is 1.89. The van der Waals surface area contributed by atoms with Crippen LogP contribution in [0.1, 0.15) is 0 Å². The fourth-order valence-corrected chi connectivity index (χ4v) is 2.19. The number of primary sulfonamides is 1. The summed E-state index contributed by atoms with van der Waals surface area (Å²) >= 11 is 5.44. The maximum Gasteiger partial charge on any atom is 0.573 e. The zero-order chi connectivity index (χ0) is 12.6. The van der Waals surface area contributed by atoms with E-state index < -0.39 is 32.1 Å². The van der Waals surface area contributed by atoms with Gasteiger partial charge in [0.2, 0.25) is 10.0 Å². The average Bonchev–Trinajstić information content (AvgIpc) is 1.97. The molecule has 2 N–H and O–H groups in total. The van der Waals surface area contributed by atoms with E-state index in [9.17, 15) is 21.6 Å². The number of ether oxygens (including phenoxy) is 1. The lowest BCUT2D eigenvalue weighted by molar-refractivity contribution is -0.275. The van der Waals surface area contributed by atoms with Crippen molar-refractivity contribution < 1.29 is 26.3 Å². The molecule has 0 atom stereocenters. The van der Waals surface area contributed by atoms with Gasteiger partial charge >= 0.3 is 6.36 Å². The fraction of sp³-hybridized carbons (Fsp3) is 0.143. The van der Waals surface area contributed by atoms with Crippen molar-refractivity contribution in [3.8, 4) is 5.75 Å². The molecule has 1 aromatic carbocycles. The number of halogens is 4. The van der Waals surface area contributed by atoms with Crippen molar-refractivity contribution >= 4 is 21.6 Å². The summed E-state index contributed by atoms with van der Waals surface area (Å²) in [5, 5.41) is 4.28. The van der Waals surface area contributed by atoms with Crippen LogP contribution in [0.3, 0.4) is 0 Å². The molecule has 0 amide bonds. The van der Waals surface area contributed by atoms with E-state index in [2.05, 4.69) is 4.74 Å². The molecule has 0 radical (unpaired) electrons. The van der Waals surface area contributed by atoms with Crippen LogP contribution in [0.2, 0.25) is 5.02 Å². The molecule has 1 aromatic rings. The van der Waals surface area contributed by atoms with Gasteiger partial charge < -0.3 is 4.74 Å². The van der Waals surface area contributed by atoms with Gasteiger partial charge in [-0.3, -0.25) is 0 Å². The Morgan fingerprint density at radius 3 is 2.31 bits per heavy atom. The van der Waals surface area contributed by atoms with Crippen LogP contribution in [0.15, 0.2) is 23.1 Å². The third kappa shape index (κ3) is 3.26. The van der Waals surface area contributed by atoms with Crippen molar-refractivity contribution in [2.24, 2.45) is 5.14 Å². The lowest BCUT2D eigenvalue weighted by Crippen LogP contribution is -2.21. The molecular formula is C7H5ClF3NO3S. The molecule has 0 spiro atoms. The van der Waals surface area contributed by atoms with Gasteiger partial charge in [0.1, 0.15) is 4.90 Å². The van der Waals surface area contributed by atoms with Gasteiger partial charge in [-0.15, -0.1) is 13.2 Å². The van der Waals surface area contributed by atoms with Crippen LogP contribution in [0, 0.1) is 0 Å². The number of benzene rings is 1. The van der Waals surface area contributed by atoms with Crippen LogP contribution in [0.4, 0.5) is 13.2 Å². The Bertz CT molecular complexity index is 500. The van der Waals surface area contributed by atoms with Crippen LogP contribution in [0.5, 0.6) is 5.75 Å². The van der Waals surface area contributed by atoms with Gasteiger partial charge in [-0.2, -0.15) is 0 Å². The Morgan fingerprint density at radius 1 is 1.31 bits per heavy atom. The maximum absolute atomic E-state index is 11.9. The third-order valence-corrected chi connectivity index (χ3v) is 2.86. The van der Waals surface area contributed by atoms with Crippen molar-refractivity contribution in [1.29, 1.82) is 0 Å². The molecule has 1 rings (SSSR count). The number of nitrogens with two attached hydrogens (primary N) is 1. The van der Waals surface area contributed by atoms with Crippen molar-refractivity contribution in [3.05, 3.63) is 23.2 Å². The quantitative estimate of drug-likeness (QED) is 0.896. The molecule has 0 aromatic heterocycles. The van der Waals surface area contributed by atoms with E-state index in [0.29, 0.717) is 0 Å². The second kappa shape index (κ2) is 4.11. The van der Waals surface area contributed by atoms with Crippen molar-refractivity contribution in [1.82, 2.24) is 0 Å². The van der Waals surface area contributed by atoms with Gasteiger partial charge in [-0.25, -0.2) is 13.6 Å². The van der Waals surface area contributed by atoms with E-state index in [1.165, 1.54) is 0 Å². The van der Waals surface area contributed by atoms with E-state index in [4.69, 9.17) is 16.7 Å². The normalized spacial score (nSPS) is 12.6. The SMILES string of the molecule is NS(=O)(=O)c1c(Cl)cccc1OC(F)(F)F. The largest absolute Gasteiger partial charge is 0.573 e. The molecule has 0 heterocycles. The highest BCUT2D eigenvalue weighted by molar-refractivity contribution is 7.89. The average molecular weight is 276 g/mol. The van der Waals surface area contributed by atoms with Gasteiger partial charge in [-0.1, -0.05) is 17.7 Å². The number of sulfonamides is 1. The minimum atomic E-state index is -5.02. The smallest absolute Gasteiger partial charge is 0.404 e. The first-order valence-corrected chi connectivity index (χ1v) is 5.61. The lowest BCUT2D eigenvalue weighted by atomic mass is 10.3. The highest BCUT2D eigenvalue weighted by Crippen LogP contribution is 2.33. The Labute approximate surface area is 93.8 Å². The number of hydrogen-bond acceptors (Lipinski definition) is 3. The van der Waals surface area contributed by atoms with E-state index >= 15 is 0 Å². The van der Waals surface area contributed by atoms with Crippen molar-refractivity contribution in [3.63, 3.8) is 0 Å². The Balaban J connectivity index is 3.36. The Kier molecular flexibility index (Phi) is 3.36.